The highest BCUT2D eigenvalue weighted by Gasteiger charge is 2.32. The van der Waals surface area contributed by atoms with E-state index in [-0.39, 0.29) is 6.23 Å². The van der Waals surface area contributed by atoms with Crippen LogP contribution in [0.2, 0.25) is 19.1 Å². The lowest BCUT2D eigenvalue weighted by atomic mass is 10.2. The van der Waals surface area contributed by atoms with Gasteiger partial charge < -0.3 is 4.43 Å². The predicted molar refractivity (Wildman–Crippen MR) is 78.9 cm³/mol. The molecule has 1 heterocycles. The topological polar surface area (TPSA) is 36.3 Å². The van der Waals surface area contributed by atoms with Gasteiger partial charge in [0.25, 0.3) is 0 Å². The molecule has 1 aromatic carbocycles. The molecule has 1 aliphatic rings. The SMILES string of the molecule is C[Si](C)(CCc1ccccc1)OC1CCCN1C#N. The number of likely N-dealkylation sites (tertiary alicyclic amines) is 1. The fourth-order valence-corrected chi connectivity index (χ4v) is 4.48. The van der Waals surface area contributed by atoms with Crippen LogP contribution in [0.5, 0.6) is 0 Å². The molecule has 3 nitrogen and oxygen atoms in total. The number of nitriles is 1. The van der Waals surface area contributed by atoms with Gasteiger partial charge in [0.05, 0.1) is 0 Å². The first kappa shape index (κ1) is 14.1. The van der Waals surface area contributed by atoms with Crippen molar-refractivity contribution < 1.29 is 4.43 Å². The van der Waals surface area contributed by atoms with Crippen LogP contribution in [-0.4, -0.2) is 26.0 Å². The Labute approximate surface area is 116 Å². The number of nitrogens with zero attached hydrogens (tertiary/aromatic N) is 2. The second-order valence-electron chi connectivity index (χ2n) is 5.75. The highest BCUT2D eigenvalue weighted by Crippen LogP contribution is 2.24. The Bertz CT molecular complexity index is 441. The molecule has 0 aromatic heterocycles. The van der Waals surface area contributed by atoms with Crippen LogP contribution >= 0.6 is 0 Å². The lowest BCUT2D eigenvalue weighted by molar-refractivity contribution is 0.0936. The molecule has 1 unspecified atom stereocenters. The van der Waals surface area contributed by atoms with Crippen LogP contribution in [0.25, 0.3) is 0 Å². The summed E-state index contributed by atoms with van der Waals surface area (Å²) in [6.45, 7) is 5.36. The Morgan fingerprint density at radius 2 is 2.11 bits per heavy atom. The second-order valence-corrected chi connectivity index (χ2v) is 10.0. The van der Waals surface area contributed by atoms with Crippen molar-refractivity contribution in [1.82, 2.24) is 4.90 Å². The van der Waals surface area contributed by atoms with E-state index in [0.29, 0.717) is 0 Å². The van der Waals surface area contributed by atoms with E-state index in [1.807, 2.05) is 6.07 Å². The molecule has 0 N–H and O–H groups in total. The van der Waals surface area contributed by atoms with E-state index >= 15 is 0 Å². The fraction of sp³-hybridized carbons (Fsp3) is 0.533. The van der Waals surface area contributed by atoms with Crippen molar-refractivity contribution >= 4 is 8.32 Å². The third-order valence-electron chi connectivity index (χ3n) is 3.64. The van der Waals surface area contributed by atoms with Gasteiger partial charge in [0, 0.05) is 6.54 Å². The molecule has 102 valence electrons. The summed E-state index contributed by atoms with van der Waals surface area (Å²) in [6, 6.07) is 11.7. The van der Waals surface area contributed by atoms with Gasteiger partial charge >= 0.3 is 0 Å². The number of hydrogen-bond acceptors (Lipinski definition) is 3. The molecule has 2 rings (SSSR count). The number of aryl methyl sites for hydroxylation is 1. The lowest BCUT2D eigenvalue weighted by Crippen LogP contribution is -2.40. The largest absolute Gasteiger partial charge is 0.397 e. The van der Waals surface area contributed by atoms with Crippen LogP contribution in [-0.2, 0) is 10.8 Å². The molecule has 0 radical (unpaired) electrons. The third-order valence-corrected chi connectivity index (χ3v) is 6.00. The van der Waals surface area contributed by atoms with Crippen molar-refractivity contribution in [1.29, 1.82) is 5.26 Å². The van der Waals surface area contributed by atoms with Gasteiger partial charge in [0.15, 0.2) is 14.5 Å². The summed E-state index contributed by atoms with van der Waals surface area (Å²) in [4.78, 5) is 1.79. The van der Waals surface area contributed by atoms with Gasteiger partial charge in [0.2, 0.25) is 0 Å². The molecular weight excluding hydrogens is 252 g/mol. The molecule has 19 heavy (non-hydrogen) atoms. The predicted octanol–water partition coefficient (Wildman–Crippen LogP) is 3.35. The van der Waals surface area contributed by atoms with E-state index in [0.717, 1.165) is 31.9 Å². The minimum atomic E-state index is -1.70. The van der Waals surface area contributed by atoms with Crippen molar-refractivity contribution in [2.75, 3.05) is 6.54 Å². The molecule has 0 saturated carbocycles. The molecule has 0 aliphatic carbocycles. The lowest BCUT2D eigenvalue weighted by Gasteiger charge is -2.30. The Kier molecular flexibility index (Phi) is 4.62. The molecule has 0 bridgehead atoms. The van der Waals surface area contributed by atoms with Gasteiger partial charge in [-0.2, -0.15) is 5.26 Å². The van der Waals surface area contributed by atoms with Crippen LogP contribution in [0.15, 0.2) is 30.3 Å². The van der Waals surface area contributed by atoms with Gasteiger partial charge in [-0.1, -0.05) is 30.3 Å². The van der Waals surface area contributed by atoms with E-state index in [2.05, 4.69) is 43.6 Å². The first-order chi connectivity index (χ1) is 9.11. The van der Waals surface area contributed by atoms with Crippen molar-refractivity contribution in [3.05, 3.63) is 35.9 Å². The van der Waals surface area contributed by atoms with Crippen LogP contribution in [0.3, 0.4) is 0 Å². The summed E-state index contributed by atoms with van der Waals surface area (Å²) >= 11 is 0. The standard InChI is InChI=1S/C15H22N2OSi/c1-19(2,12-10-14-7-4-3-5-8-14)18-15-9-6-11-17(15)13-16/h3-5,7-8,15H,6,9-12H2,1-2H3. The molecule has 0 amide bonds. The minimum absolute atomic E-state index is 0.0300. The highest BCUT2D eigenvalue weighted by molar-refractivity contribution is 6.71. The molecule has 0 spiro atoms. The van der Waals surface area contributed by atoms with E-state index in [1.165, 1.54) is 5.56 Å². The normalized spacial score (nSPS) is 19.4. The summed E-state index contributed by atoms with van der Waals surface area (Å²) in [7, 11) is -1.70. The Hall–Kier alpha value is -1.31. The van der Waals surface area contributed by atoms with E-state index < -0.39 is 8.32 Å². The maximum atomic E-state index is 9.05. The molecule has 4 heteroatoms. The van der Waals surface area contributed by atoms with Crippen molar-refractivity contribution in [2.45, 2.75) is 44.6 Å². The first-order valence-corrected chi connectivity index (χ1v) is 10.1. The van der Waals surface area contributed by atoms with Crippen molar-refractivity contribution in [3.63, 3.8) is 0 Å². The van der Waals surface area contributed by atoms with E-state index in [1.54, 1.807) is 4.90 Å². The molecule has 1 aromatic rings. The van der Waals surface area contributed by atoms with Crippen LogP contribution in [0.1, 0.15) is 18.4 Å². The first-order valence-electron chi connectivity index (χ1n) is 6.99. The quantitative estimate of drug-likeness (QED) is 0.610. The van der Waals surface area contributed by atoms with E-state index in [4.69, 9.17) is 9.69 Å². The average molecular weight is 274 g/mol. The molecule has 1 aliphatic heterocycles. The molecule has 1 atom stereocenters. The Morgan fingerprint density at radius 1 is 1.37 bits per heavy atom. The Balaban J connectivity index is 1.86. The number of benzene rings is 1. The van der Waals surface area contributed by atoms with Gasteiger partial charge in [-0.15, -0.1) is 0 Å². The minimum Gasteiger partial charge on any atom is -0.397 e. The zero-order valence-electron chi connectivity index (χ0n) is 11.8. The zero-order chi connectivity index (χ0) is 13.7. The maximum Gasteiger partial charge on any atom is 0.189 e. The second kappa shape index (κ2) is 6.22. The zero-order valence-corrected chi connectivity index (χ0v) is 12.8. The third kappa shape index (κ3) is 4.08. The summed E-state index contributed by atoms with van der Waals surface area (Å²) in [5, 5.41) is 9.05. The molecular formula is C15H22N2OSi. The van der Waals surface area contributed by atoms with Gasteiger partial charge in [-0.05, 0) is 44.0 Å². The van der Waals surface area contributed by atoms with Crippen LogP contribution in [0.4, 0.5) is 0 Å². The highest BCUT2D eigenvalue weighted by atomic mass is 28.4. The van der Waals surface area contributed by atoms with Gasteiger partial charge in [-0.3, -0.25) is 4.90 Å². The van der Waals surface area contributed by atoms with Gasteiger partial charge in [0.1, 0.15) is 6.23 Å². The summed E-state index contributed by atoms with van der Waals surface area (Å²) in [6.07, 6.45) is 5.41. The molecule has 1 fully saturated rings. The maximum absolute atomic E-state index is 9.05. The van der Waals surface area contributed by atoms with Gasteiger partial charge in [-0.25, -0.2) is 0 Å². The molecule has 1 saturated heterocycles. The number of rotatable bonds is 5. The average Bonchev–Trinajstić information content (AvgIpc) is 2.84. The van der Waals surface area contributed by atoms with Crippen molar-refractivity contribution in [3.8, 4) is 6.19 Å². The van der Waals surface area contributed by atoms with Crippen LogP contribution < -0.4 is 0 Å². The van der Waals surface area contributed by atoms with Crippen LogP contribution in [0, 0.1) is 11.5 Å². The summed E-state index contributed by atoms with van der Waals surface area (Å²) in [5.74, 6) is 0. The van der Waals surface area contributed by atoms with E-state index in [9.17, 15) is 0 Å². The number of hydrogen-bond donors (Lipinski definition) is 0. The Morgan fingerprint density at radius 3 is 2.79 bits per heavy atom. The summed E-state index contributed by atoms with van der Waals surface area (Å²) < 4.78 is 6.27. The summed E-state index contributed by atoms with van der Waals surface area (Å²) in [5.41, 5.74) is 1.37. The van der Waals surface area contributed by atoms with Crippen molar-refractivity contribution in [2.24, 2.45) is 0 Å². The monoisotopic (exact) mass is 274 g/mol. The fourth-order valence-electron chi connectivity index (χ4n) is 2.49. The smallest absolute Gasteiger partial charge is 0.189 e.